The predicted octanol–water partition coefficient (Wildman–Crippen LogP) is 1.99. The highest BCUT2D eigenvalue weighted by Crippen LogP contribution is 2.30. The largest absolute Gasteiger partial charge is 0.415 e. The normalized spacial score (nSPS) is 24.1. The average molecular weight is 479 g/mol. The summed E-state index contributed by atoms with van der Waals surface area (Å²) in [5, 5.41) is 2.28. The van der Waals surface area contributed by atoms with Crippen LogP contribution in [-0.4, -0.2) is 66.0 Å². The summed E-state index contributed by atoms with van der Waals surface area (Å²) >= 11 is 0. The van der Waals surface area contributed by atoms with E-state index in [2.05, 4.69) is 5.32 Å². The van der Waals surface area contributed by atoms with Crippen molar-refractivity contribution >= 4 is 23.8 Å². The first-order valence-corrected chi connectivity index (χ1v) is 11.4. The third kappa shape index (κ3) is 4.62. The lowest BCUT2D eigenvalue weighted by molar-refractivity contribution is -0.204. The number of nitrogens with zero attached hydrogens (tertiary/aromatic N) is 2. The molecule has 2 fully saturated rings. The predicted molar refractivity (Wildman–Crippen MR) is 121 cm³/mol. The van der Waals surface area contributed by atoms with Crippen molar-refractivity contribution in [1.82, 2.24) is 15.1 Å². The fourth-order valence-corrected chi connectivity index (χ4v) is 4.44. The maximum atomic E-state index is 13.0. The highest BCUT2D eigenvalue weighted by molar-refractivity contribution is 6.05. The van der Waals surface area contributed by atoms with Crippen LogP contribution >= 0.6 is 0 Å². The zero-order chi connectivity index (χ0) is 24.5. The van der Waals surface area contributed by atoms with Crippen molar-refractivity contribution in [2.75, 3.05) is 20.3 Å². The molecule has 182 valence electrons. The van der Waals surface area contributed by atoms with Gasteiger partial charge in [0, 0.05) is 31.1 Å². The third-order valence-corrected chi connectivity index (χ3v) is 6.49. The number of amides is 4. The molecule has 3 aliphatic heterocycles. The highest BCUT2D eigenvalue weighted by atomic mass is 16.7. The molecule has 1 unspecified atom stereocenters. The van der Waals surface area contributed by atoms with Crippen LogP contribution in [0.1, 0.15) is 40.6 Å². The lowest BCUT2D eigenvalue weighted by Crippen LogP contribution is -2.52. The van der Waals surface area contributed by atoms with Crippen LogP contribution < -0.4 is 10.1 Å². The van der Waals surface area contributed by atoms with E-state index in [9.17, 15) is 19.2 Å². The third-order valence-electron chi connectivity index (χ3n) is 6.49. The molecule has 0 spiro atoms. The van der Waals surface area contributed by atoms with Crippen LogP contribution in [0.15, 0.2) is 48.5 Å². The molecule has 2 saturated heterocycles. The Kier molecular flexibility index (Phi) is 6.23. The van der Waals surface area contributed by atoms with E-state index in [0.717, 1.165) is 11.1 Å². The molecule has 10 nitrogen and oxygen atoms in total. The number of hydrogen-bond donors (Lipinski definition) is 1. The second-order valence-corrected chi connectivity index (χ2v) is 8.76. The first-order chi connectivity index (χ1) is 16.9. The molecule has 0 aliphatic carbocycles. The summed E-state index contributed by atoms with van der Waals surface area (Å²) in [6, 6.07) is 13.4. The van der Waals surface area contributed by atoms with Gasteiger partial charge < -0.3 is 24.0 Å². The van der Waals surface area contributed by atoms with E-state index in [-0.39, 0.29) is 56.2 Å². The second kappa shape index (κ2) is 9.47. The number of rotatable bonds is 4. The fraction of sp³-hybridized carbons (Fsp3) is 0.360. The van der Waals surface area contributed by atoms with Gasteiger partial charge in [-0.1, -0.05) is 36.4 Å². The lowest BCUT2D eigenvalue weighted by atomic mass is 10.0. The first kappa shape index (κ1) is 23.0. The van der Waals surface area contributed by atoms with Crippen molar-refractivity contribution in [2.24, 2.45) is 0 Å². The van der Waals surface area contributed by atoms with Gasteiger partial charge in [-0.15, -0.1) is 0 Å². The number of piperidine rings is 1. The molecule has 35 heavy (non-hydrogen) atoms. The van der Waals surface area contributed by atoms with Crippen LogP contribution in [-0.2, 0) is 25.6 Å². The molecular formula is C25H25N3O7. The van der Waals surface area contributed by atoms with Gasteiger partial charge in [-0.25, -0.2) is 4.79 Å². The Morgan fingerprint density at radius 2 is 1.83 bits per heavy atom. The molecule has 2 aromatic carbocycles. The van der Waals surface area contributed by atoms with Crippen LogP contribution in [0.25, 0.3) is 0 Å². The number of carbonyl (C=O) groups is 4. The summed E-state index contributed by atoms with van der Waals surface area (Å²) in [7, 11) is 1.60. The van der Waals surface area contributed by atoms with Gasteiger partial charge in [0.2, 0.25) is 11.8 Å². The second-order valence-electron chi connectivity index (χ2n) is 8.76. The monoisotopic (exact) mass is 479 g/mol. The van der Waals surface area contributed by atoms with Gasteiger partial charge in [0.15, 0.2) is 6.29 Å². The first-order valence-electron chi connectivity index (χ1n) is 11.4. The van der Waals surface area contributed by atoms with E-state index in [1.54, 1.807) is 19.2 Å². The SMILES string of the molecule is CN(C(=O)Oc1ccc2c(c1)C(=O)N(C1CCC(=O)NC1=O)C2)C1COC(c2ccccc2)OC1. The van der Waals surface area contributed by atoms with Crippen LogP contribution in [0.5, 0.6) is 5.75 Å². The van der Waals surface area contributed by atoms with Crippen molar-refractivity contribution in [3.8, 4) is 5.75 Å². The fourth-order valence-electron chi connectivity index (χ4n) is 4.44. The lowest BCUT2D eigenvalue weighted by Gasteiger charge is -2.34. The number of fused-ring (bicyclic) bond motifs is 1. The zero-order valence-electron chi connectivity index (χ0n) is 19.1. The Balaban J connectivity index is 1.19. The minimum atomic E-state index is -0.698. The molecule has 0 saturated carbocycles. The Morgan fingerprint density at radius 3 is 2.54 bits per heavy atom. The van der Waals surface area contributed by atoms with Gasteiger partial charge in [-0.05, 0) is 24.1 Å². The molecule has 1 atom stereocenters. The Morgan fingerprint density at radius 1 is 1.09 bits per heavy atom. The van der Waals surface area contributed by atoms with E-state index in [1.807, 2.05) is 30.3 Å². The zero-order valence-corrected chi connectivity index (χ0v) is 19.1. The van der Waals surface area contributed by atoms with Gasteiger partial charge >= 0.3 is 6.09 Å². The van der Waals surface area contributed by atoms with Crippen LogP contribution in [0.2, 0.25) is 0 Å². The summed E-state index contributed by atoms with van der Waals surface area (Å²) in [6.45, 7) is 0.831. The molecule has 3 heterocycles. The number of ether oxygens (including phenoxy) is 3. The van der Waals surface area contributed by atoms with E-state index in [4.69, 9.17) is 14.2 Å². The number of imide groups is 1. The van der Waals surface area contributed by atoms with Crippen molar-refractivity contribution < 1.29 is 33.4 Å². The molecule has 3 aliphatic rings. The van der Waals surface area contributed by atoms with Crippen molar-refractivity contribution in [2.45, 2.75) is 37.8 Å². The smallest absolute Gasteiger partial charge is 0.410 e. The summed E-state index contributed by atoms with van der Waals surface area (Å²) in [4.78, 5) is 52.2. The molecule has 0 aromatic heterocycles. The Bertz CT molecular complexity index is 1160. The molecule has 0 radical (unpaired) electrons. The van der Waals surface area contributed by atoms with Crippen LogP contribution in [0.4, 0.5) is 4.79 Å². The minimum absolute atomic E-state index is 0.187. The molecule has 5 rings (SSSR count). The minimum Gasteiger partial charge on any atom is -0.410 e. The Labute approximate surface area is 201 Å². The molecule has 1 N–H and O–H groups in total. The maximum absolute atomic E-state index is 13.0. The highest BCUT2D eigenvalue weighted by Gasteiger charge is 2.39. The van der Waals surface area contributed by atoms with E-state index < -0.39 is 24.3 Å². The van der Waals surface area contributed by atoms with Crippen molar-refractivity contribution in [1.29, 1.82) is 0 Å². The molecule has 10 heteroatoms. The van der Waals surface area contributed by atoms with Crippen LogP contribution in [0.3, 0.4) is 0 Å². The maximum Gasteiger partial charge on any atom is 0.415 e. The average Bonchev–Trinajstić information content (AvgIpc) is 3.19. The molecule has 4 amide bonds. The topological polar surface area (TPSA) is 114 Å². The van der Waals surface area contributed by atoms with Gasteiger partial charge in [0.1, 0.15) is 11.8 Å². The van der Waals surface area contributed by atoms with Gasteiger partial charge in [0.05, 0.1) is 19.3 Å². The standard InChI is InChI=1S/C25H25N3O7/c1-27(17-13-33-24(34-14-17)15-5-3-2-4-6-15)25(32)35-18-8-7-16-12-28(23(31)19(16)11-18)20-9-10-21(29)26-22(20)30/h2-8,11,17,20,24H,9-10,12-14H2,1H3,(H,26,29,30). The number of nitrogens with one attached hydrogen (secondary N) is 1. The van der Waals surface area contributed by atoms with E-state index >= 15 is 0 Å². The van der Waals surface area contributed by atoms with Crippen LogP contribution in [0, 0.1) is 0 Å². The Hall–Kier alpha value is -3.76. The molecule has 0 bridgehead atoms. The van der Waals surface area contributed by atoms with Crippen molar-refractivity contribution in [3.05, 3.63) is 65.2 Å². The van der Waals surface area contributed by atoms with Crippen molar-refractivity contribution in [3.63, 3.8) is 0 Å². The quantitative estimate of drug-likeness (QED) is 0.667. The number of carbonyl (C=O) groups excluding carboxylic acids is 4. The number of benzene rings is 2. The van der Waals surface area contributed by atoms with Gasteiger partial charge in [-0.2, -0.15) is 0 Å². The summed E-state index contributed by atoms with van der Waals surface area (Å²) in [5.41, 5.74) is 2.01. The van der Waals surface area contributed by atoms with Gasteiger partial charge in [-0.3, -0.25) is 19.7 Å². The molecule has 2 aromatic rings. The summed E-state index contributed by atoms with van der Waals surface area (Å²) < 4.78 is 17.1. The number of hydrogen-bond acceptors (Lipinski definition) is 7. The summed E-state index contributed by atoms with van der Waals surface area (Å²) in [5.74, 6) is -0.916. The van der Waals surface area contributed by atoms with E-state index in [0.29, 0.717) is 5.56 Å². The molecular weight excluding hydrogens is 454 g/mol. The van der Waals surface area contributed by atoms with Gasteiger partial charge in [0.25, 0.3) is 5.91 Å². The van der Waals surface area contributed by atoms with E-state index in [1.165, 1.54) is 15.9 Å². The summed E-state index contributed by atoms with van der Waals surface area (Å²) in [6.07, 6.45) is -0.611. The number of likely N-dealkylation sites (N-methyl/N-ethyl adjacent to an activating group) is 1.